The molecule has 0 aromatic carbocycles. The van der Waals surface area contributed by atoms with Gasteiger partial charge in [-0.25, -0.2) is 4.39 Å². The SMILES string of the molecule is CC(C)(CN)NCC(=O)n1cc(F)cc1C#N. The lowest BCUT2D eigenvalue weighted by Crippen LogP contribution is -2.48. The van der Waals surface area contributed by atoms with Crippen LogP contribution in [-0.2, 0) is 0 Å². The van der Waals surface area contributed by atoms with Crippen LogP contribution in [0.2, 0.25) is 0 Å². The fourth-order valence-electron chi connectivity index (χ4n) is 1.20. The Morgan fingerprint density at radius 2 is 2.35 bits per heavy atom. The van der Waals surface area contributed by atoms with Gasteiger partial charge in [0.25, 0.3) is 0 Å². The molecule has 0 aliphatic heterocycles. The standard InChI is InChI=1S/C11H15FN4O/c1-11(2,7-14)15-5-10(17)16-6-8(12)3-9(16)4-13/h3,6,15H,5,7,14H2,1-2H3. The first-order valence-electron chi connectivity index (χ1n) is 5.16. The van der Waals surface area contributed by atoms with Crippen molar-refractivity contribution in [2.75, 3.05) is 13.1 Å². The van der Waals surface area contributed by atoms with Crippen molar-refractivity contribution < 1.29 is 9.18 Å². The normalized spacial score (nSPS) is 11.2. The van der Waals surface area contributed by atoms with Gasteiger partial charge in [0.2, 0.25) is 5.91 Å². The van der Waals surface area contributed by atoms with Crippen molar-refractivity contribution >= 4 is 5.91 Å². The minimum Gasteiger partial charge on any atom is -0.329 e. The molecule has 17 heavy (non-hydrogen) atoms. The number of rotatable bonds is 4. The number of aromatic nitrogens is 1. The maximum atomic E-state index is 12.9. The number of nitrogens with zero attached hydrogens (tertiary/aromatic N) is 2. The molecule has 5 nitrogen and oxygen atoms in total. The molecule has 0 atom stereocenters. The quantitative estimate of drug-likeness (QED) is 0.798. The van der Waals surface area contributed by atoms with Crippen molar-refractivity contribution in [2.24, 2.45) is 5.73 Å². The lowest BCUT2D eigenvalue weighted by molar-refractivity contribution is 0.0900. The lowest BCUT2D eigenvalue weighted by atomic mass is 10.1. The van der Waals surface area contributed by atoms with E-state index in [2.05, 4.69) is 5.32 Å². The Morgan fingerprint density at radius 3 is 2.88 bits per heavy atom. The molecular weight excluding hydrogens is 223 g/mol. The number of carbonyl (C=O) groups is 1. The molecule has 1 rings (SSSR count). The van der Waals surface area contributed by atoms with Crippen molar-refractivity contribution in [3.05, 3.63) is 23.8 Å². The van der Waals surface area contributed by atoms with Crippen LogP contribution in [0.15, 0.2) is 12.3 Å². The summed E-state index contributed by atoms with van der Waals surface area (Å²) >= 11 is 0. The van der Waals surface area contributed by atoms with Crippen LogP contribution in [0.4, 0.5) is 4.39 Å². The number of carbonyl (C=O) groups excluding carboxylic acids is 1. The number of hydrogen-bond acceptors (Lipinski definition) is 4. The van der Waals surface area contributed by atoms with Gasteiger partial charge in [0.1, 0.15) is 17.6 Å². The van der Waals surface area contributed by atoms with E-state index in [1.54, 1.807) is 6.07 Å². The molecule has 92 valence electrons. The van der Waals surface area contributed by atoms with E-state index in [1.807, 2.05) is 13.8 Å². The van der Waals surface area contributed by atoms with Crippen LogP contribution in [0, 0.1) is 17.1 Å². The predicted octanol–water partition coefficient (Wildman–Crippen LogP) is 0.466. The third-order valence-corrected chi connectivity index (χ3v) is 2.40. The third kappa shape index (κ3) is 3.37. The van der Waals surface area contributed by atoms with E-state index in [4.69, 9.17) is 11.0 Å². The zero-order valence-electron chi connectivity index (χ0n) is 9.83. The number of nitrogens with two attached hydrogens (primary N) is 1. The van der Waals surface area contributed by atoms with Gasteiger partial charge in [-0.1, -0.05) is 0 Å². The molecule has 3 N–H and O–H groups in total. The van der Waals surface area contributed by atoms with Crippen LogP contribution in [0.1, 0.15) is 24.3 Å². The van der Waals surface area contributed by atoms with Crippen LogP contribution in [-0.4, -0.2) is 29.1 Å². The van der Waals surface area contributed by atoms with Gasteiger partial charge >= 0.3 is 0 Å². The molecule has 0 aliphatic carbocycles. The number of hydrogen-bond donors (Lipinski definition) is 2. The molecule has 0 saturated carbocycles. The first-order valence-corrected chi connectivity index (χ1v) is 5.16. The number of halogens is 1. The van der Waals surface area contributed by atoms with Crippen molar-refractivity contribution in [2.45, 2.75) is 19.4 Å². The summed E-state index contributed by atoms with van der Waals surface area (Å²) in [6.45, 7) is 4.06. The molecular formula is C11H15FN4O. The van der Waals surface area contributed by atoms with Crippen LogP contribution < -0.4 is 11.1 Å². The van der Waals surface area contributed by atoms with E-state index in [0.29, 0.717) is 6.54 Å². The Balaban J connectivity index is 2.74. The molecule has 0 saturated heterocycles. The second-order valence-corrected chi connectivity index (χ2v) is 4.36. The number of nitrogens with one attached hydrogen (secondary N) is 1. The summed E-state index contributed by atoms with van der Waals surface area (Å²) in [5.41, 5.74) is 5.10. The highest BCUT2D eigenvalue weighted by Crippen LogP contribution is 2.06. The molecule has 1 aromatic rings. The molecule has 0 bridgehead atoms. The summed E-state index contributed by atoms with van der Waals surface area (Å²) in [7, 11) is 0. The van der Waals surface area contributed by atoms with Gasteiger partial charge in [0.15, 0.2) is 0 Å². The van der Waals surface area contributed by atoms with Gasteiger partial charge in [-0.15, -0.1) is 0 Å². The van der Waals surface area contributed by atoms with E-state index in [0.717, 1.165) is 16.8 Å². The van der Waals surface area contributed by atoms with Gasteiger partial charge in [-0.3, -0.25) is 9.36 Å². The zero-order chi connectivity index (χ0) is 13.1. The Kier molecular flexibility index (Phi) is 3.99. The van der Waals surface area contributed by atoms with Crippen LogP contribution in [0.3, 0.4) is 0 Å². The minimum absolute atomic E-state index is 0.00694. The smallest absolute Gasteiger partial charge is 0.245 e. The van der Waals surface area contributed by atoms with Gasteiger partial charge in [0.05, 0.1) is 6.54 Å². The summed E-state index contributed by atoms with van der Waals surface area (Å²) in [5, 5.41) is 11.7. The highest BCUT2D eigenvalue weighted by molar-refractivity contribution is 5.82. The highest BCUT2D eigenvalue weighted by Gasteiger charge is 2.18. The van der Waals surface area contributed by atoms with E-state index in [1.165, 1.54) is 0 Å². The molecule has 0 fully saturated rings. The second-order valence-electron chi connectivity index (χ2n) is 4.36. The zero-order valence-corrected chi connectivity index (χ0v) is 9.83. The topological polar surface area (TPSA) is 83.8 Å². The monoisotopic (exact) mass is 238 g/mol. The lowest BCUT2D eigenvalue weighted by Gasteiger charge is -2.23. The molecule has 0 spiro atoms. The summed E-state index contributed by atoms with van der Waals surface area (Å²) in [5.74, 6) is -1.00. The Labute approximate surface area is 99.0 Å². The second kappa shape index (κ2) is 5.08. The first-order chi connectivity index (χ1) is 7.89. The average Bonchev–Trinajstić information content (AvgIpc) is 2.67. The van der Waals surface area contributed by atoms with Crippen LogP contribution in [0.25, 0.3) is 0 Å². The van der Waals surface area contributed by atoms with Crippen molar-refractivity contribution in [1.29, 1.82) is 5.26 Å². The minimum atomic E-state index is -0.604. The Hall–Kier alpha value is -1.71. The third-order valence-electron chi connectivity index (χ3n) is 2.40. The van der Waals surface area contributed by atoms with Crippen LogP contribution in [0.5, 0.6) is 0 Å². The predicted molar refractivity (Wildman–Crippen MR) is 60.9 cm³/mol. The molecule has 6 heteroatoms. The average molecular weight is 238 g/mol. The summed E-state index contributed by atoms with van der Waals surface area (Å²) < 4.78 is 13.9. The molecule has 0 radical (unpaired) electrons. The fourth-order valence-corrected chi connectivity index (χ4v) is 1.20. The Morgan fingerprint density at radius 1 is 1.71 bits per heavy atom. The van der Waals surface area contributed by atoms with Crippen LogP contribution >= 0.6 is 0 Å². The summed E-state index contributed by atoms with van der Waals surface area (Å²) in [6.07, 6.45) is 0.998. The van der Waals surface area contributed by atoms with Gasteiger partial charge in [0, 0.05) is 24.3 Å². The molecule has 0 unspecified atom stereocenters. The van der Waals surface area contributed by atoms with Crippen molar-refractivity contribution in [3.8, 4) is 6.07 Å². The molecule has 0 amide bonds. The van der Waals surface area contributed by atoms with Crippen molar-refractivity contribution in [3.63, 3.8) is 0 Å². The van der Waals surface area contributed by atoms with E-state index in [9.17, 15) is 9.18 Å². The fraction of sp³-hybridized carbons (Fsp3) is 0.455. The summed E-state index contributed by atoms with van der Waals surface area (Å²) in [4.78, 5) is 11.7. The van der Waals surface area contributed by atoms with Crippen molar-refractivity contribution in [1.82, 2.24) is 9.88 Å². The van der Waals surface area contributed by atoms with Gasteiger partial charge < -0.3 is 11.1 Å². The Bertz CT molecular complexity index is 459. The molecule has 1 heterocycles. The number of nitriles is 1. The van der Waals surface area contributed by atoms with E-state index < -0.39 is 11.7 Å². The van der Waals surface area contributed by atoms with E-state index in [-0.39, 0.29) is 17.8 Å². The molecule has 1 aromatic heterocycles. The van der Waals surface area contributed by atoms with Gasteiger partial charge in [-0.2, -0.15) is 5.26 Å². The maximum absolute atomic E-state index is 12.9. The van der Waals surface area contributed by atoms with E-state index >= 15 is 0 Å². The summed E-state index contributed by atoms with van der Waals surface area (Å²) in [6, 6.07) is 2.78. The first kappa shape index (κ1) is 13.4. The molecule has 0 aliphatic rings. The highest BCUT2D eigenvalue weighted by atomic mass is 19.1. The maximum Gasteiger partial charge on any atom is 0.245 e. The largest absolute Gasteiger partial charge is 0.329 e. The van der Waals surface area contributed by atoms with Gasteiger partial charge in [-0.05, 0) is 13.8 Å².